The van der Waals surface area contributed by atoms with Crippen LogP contribution in [0.2, 0.25) is 0 Å². The molecule has 6 nitrogen and oxygen atoms in total. The molecule has 1 aliphatic carbocycles. The highest BCUT2D eigenvalue weighted by atomic mass is 16.5. The Morgan fingerprint density at radius 2 is 1.96 bits per heavy atom. The molecule has 1 aromatic heterocycles. The molecule has 2 aromatic rings. The van der Waals surface area contributed by atoms with Gasteiger partial charge in [0, 0.05) is 12.0 Å². The van der Waals surface area contributed by atoms with Gasteiger partial charge in [0.1, 0.15) is 6.54 Å². The van der Waals surface area contributed by atoms with Gasteiger partial charge in [0.2, 0.25) is 23.5 Å². The summed E-state index contributed by atoms with van der Waals surface area (Å²) in [7, 11) is 0. The van der Waals surface area contributed by atoms with Gasteiger partial charge in [-0.1, -0.05) is 42.3 Å². The van der Waals surface area contributed by atoms with Crippen molar-refractivity contribution in [2.24, 2.45) is 5.41 Å². The lowest BCUT2D eigenvalue weighted by atomic mass is 9.84. The van der Waals surface area contributed by atoms with Gasteiger partial charge in [-0.25, -0.2) is 0 Å². The summed E-state index contributed by atoms with van der Waals surface area (Å²) in [5.41, 5.74) is 1.47. The number of likely N-dealkylation sites (tertiary alicyclic amines) is 1. The number of carbonyl (C=O) groups excluding carboxylic acids is 2. The minimum atomic E-state index is -0.462. The van der Waals surface area contributed by atoms with Crippen LogP contribution in [-0.2, 0) is 16.1 Å². The molecule has 1 spiro atoms. The van der Waals surface area contributed by atoms with Crippen LogP contribution in [0.3, 0.4) is 0 Å². The topological polar surface area (TPSA) is 76.3 Å². The first-order valence-corrected chi connectivity index (χ1v) is 8.32. The van der Waals surface area contributed by atoms with Crippen LogP contribution in [0.4, 0.5) is 0 Å². The lowest BCUT2D eigenvalue weighted by molar-refractivity contribution is -0.142. The second-order valence-electron chi connectivity index (χ2n) is 6.78. The number of nitrogens with zero attached hydrogens (tertiary/aromatic N) is 3. The Morgan fingerprint density at radius 1 is 1.21 bits per heavy atom. The SMILES string of the molecule is Cc1ccccc1-c1noc(CN2C(=O)CC3(CCCC3)C2=O)n1. The molecule has 2 fully saturated rings. The number of amides is 2. The average molecular weight is 325 g/mol. The monoisotopic (exact) mass is 325 g/mol. The second kappa shape index (κ2) is 5.54. The number of rotatable bonds is 3. The van der Waals surface area contributed by atoms with Crippen molar-refractivity contribution < 1.29 is 14.1 Å². The van der Waals surface area contributed by atoms with E-state index in [4.69, 9.17) is 4.52 Å². The molecule has 2 amide bonds. The van der Waals surface area contributed by atoms with E-state index in [-0.39, 0.29) is 18.4 Å². The highest BCUT2D eigenvalue weighted by Crippen LogP contribution is 2.47. The van der Waals surface area contributed by atoms with E-state index in [1.807, 2.05) is 31.2 Å². The van der Waals surface area contributed by atoms with Crippen molar-refractivity contribution in [1.82, 2.24) is 15.0 Å². The van der Waals surface area contributed by atoms with E-state index >= 15 is 0 Å². The fraction of sp³-hybridized carbons (Fsp3) is 0.444. The van der Waals surface area contributed by atoms with E-state index < -0.39 is 5.41 Å². The van der Waals surface area contributed by atoms with Crippen molar-refractivity contribution >= 4 is 11.8 Å². The first-order chi connectivity index (χ1) is 11.6. The Balaban J connectivity index is 1.55. The van der Waals surface area contributed by atoms with Gasteiger partial charge < -0.3 is 4.52 Å². The Bertz CT molecular complexity index is 805. The zero-order valence-electron chi connectivity index (χ0n) is 13.6. The average Bonchev–Trinajstić information content (AvgIpc) is 3.26. The van der Waals surface area contributed by atoms with Crippen molar-refractivity contribution in [1.29, 1.82) is 0 Å². The molecule has 6 heteroatoms. The largest absolute Gasteiger partial charge is 0.337 e. The van der Waals surface area contributed by atoms with Gasteiger partial charge in [-0.3, -0.25) is 14.5 Å². The molecule has 1 saturated heterocycles. The van der Waals surface area contributed by atoms with Crippen molar-refractivity contribution in [3.63, 3.8) is 0 Å². The Labute approximate surface area is 139 Å². The smallest absolute Gasteiger partial charge is 0.247 e. The highest BCUT2D eigenvalue weighted by Gasteiger charge is 2.52. The van der Waals surface area contributed by atoms with Crippen LogP contribution in [0.15, 0.2) is 28.8 Å². The number of aromatic nitrogens is 2. The highest BCUT2D eigenvalue weighted by molar-refractivity contribution is 6.05. The van der Waals surface area contributed by atoms with Crippen LogP contribution in [-0.4, -0.2) is 26.9 Å². The summed E-state index contributed by atoms with van der Waals surface area (Å²) in [4.78, 5) is 30.6. The third-order valence-corrected chi connectivity index (χ3v) is 5.20. The van der Waals surface area contributed by atoms with E-state index in [2.05, 4.69) is 10.1 Å². The van der Waals surface area contributed by atoms with Crippen LogP contribution in [0.1, 0.15) is 43.6 Å². The number of hydrogen-bond acceptors (Lipinski definition) is 5. The molecular weight excluding hydrogens is 306 g/mol. The van der Waals surface area contributed by atoms with Gasteiger partial charge in [-0.2, -0.15) is 4.98 Å². The van der Waals surface area contributed by atoms with Crippen molar-refractivity contribution in [2.45, 2.75) is 45.6 Å². The lowest BCUT2D eigenvalue weighted by Crippen LogP contribution is -2.34. The fourth-order valence-corrected chi connectivity index (χ4v) is 3.85. The summed E-state index contributed by atoms with van der Waals surface area (Å²) in [6.45, 7) is 2.04. The molecule has 0 unspecified atom stereocenters. The molecule has 2 heterocycles. The Hall–Kier alpha value is -2.50. The molecule has 1 saturated carbocycles. The molecule has 0 bridgehead atoms. The van der Waals surface area contributed by atoms with Crippen LogP contribution in [0, 0.1) is 12.3 Å². The normalized spacial score (nSPS) is 19.6. The van der Waals surface area contributed by atoms with Gasteiger partial charge in [0.15, 0.2) is 0 Å². The van der Waals surface area contributed by atoms with Crippen LogP contribution in [0.25, 0.3) is 11.4 Å². The molecule has 0 atom stereocenters. The third kappa shape index (κ3) is 2.33. The molecule has 24 heavy (non-hydrogen) atoms. The standard InChI is InChI=1S/C18H19N3O3/c1-12-6-2-3-7-13(12)16-19-14(24-20-16)11-21-15(22)10-18(17(21)23)8-4-5-9-18/h2-3,6-7H,4-5,8-11H2,1H3. The number of imide groups is 1. The summed E-state index contributed by atoms with van der Waals surface area (Å²) < 4.78 is 5.28. The maximum Gasteiger partial charge on any atom is 0.247 e. The van der Waals surface area contributed by atoms with Gasteiger partial charge >= 0.3 is 0 Å². The Morgan fingerprint density at radius 3 is 2.71 bits per heavy atom. The Kier molecular flexibility index (Phi) is 3.48. The number of benzene rings is 1. The molecule has 1 aliphatic heterocycles. The third-order valence-electron chi connectivity index (χ3n) is 5.20. The lowest BCUT2D eigenvalue weighted by Gasteiger charge is -2.19. The molecule has 2 aliphatic rings. The van der Waals surface area contributed by atoms with Crippen LogP contribution >= 0.6 is 0 Å². The van der Waals surface area contributed by atoms with Crippen LogP contribution < -0.4 is 0 Å². The first-order valence-electron chi connectivity index (χ1n) is 8.32. The van der Waals surface area contributed by atoms with E-state index in [1.54, 1.807) is 0 Å². The van der Waals surface area contributed by atoms with E-state index in [0.717, 1.165) is 36.8 Å². The molecular formula is C18H19N3O3. The maximum absolute atomic E-state index is 12.7. The van der Waals surface area contributed by atoms with E-state index in [1.165, 1.54) is 4.90 Å². The van der Waals surface area contributed by atoms with E-state index in [0.29, 0.717) is 18.1 Å². The molecule has 4 rings (SSSR count). The minimum Gasteiger partial charge on any atom is -0.337 e. The summed E-state index contributed by atoms with van der Waals surface area (Å²) in [5.74, 6) is 0.584. The quantitative estimate of drug-likeness (QED) is 0.811. The molecule has 124 valence electrons. The van der Waals surface area contributed by atoms with Gasteiger partial charge in [0.05, 0.1) is 5.41 Å². The summed E-state index contributed by atoms with van der Waals surface area (Å²) in [6.07, 6.45) is 3.99. The van der Waals surface area contributed by atoms with E-state index in [9.17, 15) is 9.59 Å². The molecule has 0 N–H and O–H groups in total. The van der Waals surface area contributed by atoms with Gasteiger partial charge in [-0.05, 0) is 25.3 Å². The summed E-state index contributed by atoms with van der Waals surface area (Å²) >= 11 is 0. The zero-order valence-corrected chi connectivity index (χ0v) is 13.6. The van der Waals surface area contributed by atoms with Crippen LogP contribution in [0.5, 0.6) is 0 Å². The predicted octanol–water partition coefficient (Wildman–Crippen LogP) is 2.86. The second-order valence-corrected chi connectivity index (χ2v) is 6.78. The molecule has 0 radical (unpaired) electrons. The van der Waals surface area contributed by atoms with Crippen molar-refractivity contribution in [3.8, 4) is 11.4 Å². The number of hydrogen-bond donors (Lipinski definition) is 0. The first kappa shape index (κ1) is 15.1. The fourth-order valence-electron chi connectivity index (χ4n) is 3.85. The zero-order chi connectivity index (χ0) is 16.7. The van der Waals surface area contributed by atoms with Crippen molar-refractivity contribution in [3.05, 3.63) is 35.7 Å². The molecule has 1 aromatic carbocycles. The summed E-state index contributed by atoms with van der Waals surface area (Å²) in [6, 6.07) is 7.75. The minimum absolute atomic E-state index is 0.0678. The van der Waals surface area contributed by atoms with Gasteiger partial charge in [0.25, 0.3) is 0 Å². The van der Waals surface area contributed by atoms with Crippen molar-refractivity contribution in [2.75, 3.05) is 0 Å². The number of carbonyl (C=O) groups is 2. The summed E-state index contributed by atoms with van der Waals surface area (Å²) in [5, 5.41) is 3.99. The van der Waals surface area contributed by atoms with Gasteiger partial charge in [-0.15, -0.1) is 0 Å². The predicted molar refractivity (Wildman–Crippen MR) is 85.5 cm³/mol. The maximum atomic E-state index is 12.7. The number of aryl methyl sites for hydroxylation is 1.